The average molecular weight is 1610 g/mol. The summed E-state index contributed by atoms with van der Waals surface area (Å²) in [6.45, 7) is 26.1. The largest absolute Gasteiger partial charge is 0.432 e. The van der Waals surface area contributed by atoms with Crippen LogP contribution in [0, 0.1) is 96.0 Å². The van der Waals surface area contributed by atoms with Crippen molar-refractivity contribution in [3.05, 3.63) is 342 Å². The van der Waals surface area contributed by atoms with Crippen molar-refractivity contribution in [2.75, 3.05) is 0 Å². The van der Waals surface area contributed by atoms with Gasteiger partial charge in [0.15, 0.2) is 17.5 Å². The summed E-state index contributed by atoms with van der Waals surface area (Å²) in [6.07, 6.45) is 37.6. The van der Waals surface area contributed by atoms with Crippen LogP contribution in [0.5, 0.6) is 5.75 Å². The predicted molar refractivity (Wildman–Crippen MR) is 474 cm³/mol. The Hall–Kier alpha value is -9.67. The van der Waals surface area contributed by atoms with E-state index in [4.69, 9.17) is 0 Å². The monoisotopic (exact) mass is 1600 g/mol. The van der Waals surface area contributed by atoms with Gasteiger partial charge in [0.2, 0.25) is 0 Å². The lowest BCUT2D eigenvalue weighted by molar-refractivity contribution is -0.189. The van der Waals surface area contributed by atoms with Crippen molar-refractivity contribution < 1.29 is 44.3 Å². The minimum atomic E-state index is -4.62. The predicted octanol–water partition coefficient (Wildman–Crippen LogP) is 32.8. The minimum Gasteiger partial charge on any atom is -0.429 e. The van der Waals surface area contributed by atoms with Crippen molar-refractivity contribution in [1.29, 1.82) is 0 Å². The molecule has 0 aromatic heterocycles. The van der Waals surface area contributed by atoms with E-state index < -0.39 is 46.5 Å². The van der Waals surface area contributed by atoms with Crippen LogP contribution in [-0.2, 0) is 31.8 Å². The van der Waals surface area contributed by atoms with Gasteiger partial charge in [-0.25, -0.2) is 30.7 Å². The van der Waals surface area contributed by atoms with Crippen molar-refractivity contribution in [2.24, 2.45) is 41.4 Å². The highest BCUT2D eigenvalue weighted by molar-refractivity contribution is 5.73. The zero-order valence-electron chi connectivity index (χ0n) is 70.1. The summed E-state index contributed by atoms with van der Waals surface area (Å²) < 4.78 is 130. The molecule has 4 saturated carbocycles. The van der Waals surface area contributed by atoms with E-state index in [9.17, 15) is 39.5 Å². The number of allylic oxidation sites excluding steroid dienone is 4. The van der Waals surface area contributed by atoms with E-state index in [1.54, 1.807) is 42.0 Å². The van der Waals surface area contributed by atoms with E-state index in [1.807, 2.05) is 98.8 Å². The van der Waals surface area contributed by atoms with Gasteiger partial charge in [-0.15, -0.1) is 26.3 Å². The summed E-state index contributed by atoms with van der Waals surface area (Å²) in [5.74, 6) is -2.49. The van der Waals surface area contributed by atoms with Gasteiger partial charge in [-0.05, 0) is 286 Å². The van der Waals surface area contributed by atoms with Crippen LogP contribution in [0.3, 0.4) is 0 Å². The summed E-state index contributed by atoms with van der Waals surface area (Å²) in [4.78, 5) is 0. The van der Waals surface area contributed by atoms with Crippen molar-refractivity contribution in [1.82, 2.24) is 0 Å². The van der Waals surface area contributed by atoms with Crippen LogP contribution in [0.4, 0.5) is 39.5 Å². The van der Waals surface area contributed by atoms with E-state index in [1.165, 1.54) is 143 Å². The molecule has 4 aliphatic rings. The van der Waals surface area contributed by atoms with E-state index in [0.29, 0.717) is 28.8 Å². The van der Waals surface area contributed by atoms with Gasteiger partial charge < -0.3 is 4.74 Å². The summed E-state index contributed by atoms with van der Waals surface area (Å²) in [6, 6.07) is 61.5. The van der Waals surface area contributed by atoms with Gasteiger partial charge in [-0.3, -0.25) is 0 Å². The van der Waals surface area contributed by atoms with Crippen molar-refractivity contribution in [2.45, 2.75) is 214 Å². The van der Waals surface area contributed by atoms with Gasteiger partial charge in [-0.1, -0.05) is 265 Å². The van der Waals surface area contributed by atoms with Crippen LogP contribution >= 0.6 is 0 Å². The molecule has 10 aromatic carbocycles. The number of benzene rings is 10. The molecule has 0 N–H and O–H groups in total. The van der Waals surface area contributed by atoms with E-state index in [0.717, 1.165) is 138 Å². The minimum absolute atomic E-state index is 0.0199. The molecule has 0 spiro atoms. The summed E-state index contributed by atoms with van der Waals surface area (Å²) in [5, 5.41) is 0. The van der Waals surface area contributed by atoms with Crippen molar-refractivity contribution in [3.63, 3.8) is 0 Å². The number of alkyl halides is 2. The number of aryl methyl sites for hydroxylation is 6. The van der Waals surface area contributed by atoms with Crippen LogP contribution in [0.15, 0.2) is 257 Å². The molecule has 0 aliphatic heterocycles. The lowest BCUT2D eigenvalue weighted by atomic mass is 9.68. The normalized spacial score (nSPS) is 19.0. The summed E-state index contributed by atoms with van der Waals surface area (Å²) in [5.41, 5.74) is 14.7. The van der Waals surface area contributed by atoms with E-state index in [2.05, 4.69) is 137 Å². The molecule has 4 fully saturated rings. The topological polar surface area (TPSA) is 9.23 Å². The highest BCUT2D eigenvalue weighted by Gasteiger charge is 2.42. The molecule has 4 aliphatic carbocycles. The maximum Gasteiger partial charge on any atom is 0.432 e. The van der Waals surface area contributed by atoms with E-state index in [-0.39, 0.29) is 29.3 Å². The van der Waals surface area contributed by atoms with Crippen molar-refractivity contribution in [3.8, 4) is 61.4 Å². The fourth-order valence-corrected chi connectivity index (χ4v) is 17.8. The molecule has 0 saturated heterocycles. The number of rotatable bonds is 25. The Kier molecular flexibility index (Phi) is 34.9. The quantitative estimate of drug-likeness (QED) is 0.0315. The number of hydrogen-bond donors (Lipinski definition) is 0. The van der Waals surface area contributed by atoms with Gasteiger partial charge in [0.1, 0.15) is 34.6 Å². The van der Waals surface area contributed by atoms with Gasteiger partial charge in [0.05, 0.1) is 0 Å². The van der Waals surface area contributed by atoms with Crippen LogP contribution in [0.2, 0.25) is 0 Å². The van der Waals surface area contributed by atoms with Crippen LogP contribution in [0.1, 0.15) is 212 Å². The first-order chi connectivity index (χ1) is 57.1. The second kappa shape index (κ2) is 45.5. The lowest BCUT2D eigenvalue weighted by Crippen LogP contribution is -2.25. The molecule has 0 amide bonds. The Morgan fingerprint density at radius 2 is 0.669 bits per heavy atom. The fraction of sp³-hybridized carbons (Fsp3) is 0.370. The molecular weight excluding hydrogens is 1480 g/mol. The second-order valence-corrected chi connectivity index (χ2v) is 33.2. The molecule has 0 radical (unpaired) electrons. The third-order valence-corrected chi connectivity index (χ3v) is 24.9. The van der Waals surface area contributed by atoms with Gasteiger partial charge in [-0.2, -0.15) is 8.78 Å². The number of hydrogen-bond acceptors (Lipinski definition) is 1. The van der Waals surface area contributed by atoms with Gasteiger partial charge in [0.25, 0.3) is 0 Å². The van der Waals surface area contributed by atoms with Gasteiger partial charge in [0, 0.05) is 23.3 Å². The Balaban J connectivity index is 0.000000157. The van der Waals surface area contributed by atoms with Crippen LogP contribution in [-0.4, -0.2) is 0 Å². The van der Waals surface area contributed by atoms with Crippen LogP contribution < -0.4 is 4.74 Å². The molecule has 10 heteroatoms. The van der Waals surface area contributed by atoms with E-state index >= 15 is 0 Å². The zero-order chi connectivity index (χ0) is 84.1. The highest BCUT2D eigenvalue weighted by atomic mass is 19.3. The number of halogens is 9. The standard InChI is InChI=1S/C25H25F.C23H21F.C22H15F7O.C21H30.C17H30/c1-3-5-7-20-10-14-22(15-11-20)24-17-16-23(18-25(24)26)21-12-8-19(6-4-2)9-13-21;1-3-4-5-18-8-12-20(13-9-18)22-15-14-21(16-23(22)24)19-10-6-17(2)7-11-19;1-2-3-12-4-6-13(7-5-12)14-8-16(23)20(17(24)9-14)22(28,29)30-15-10-18(25)21(27)19(26)11-15;1-3-17-6-10-19(11-7-17)21-14-12-20(13-15-21)18-8-4-16(2)5-9-18;1-3-5-15-8-12-17(13-9-15)16-10-6-14(4-2)7-11-16/h3,8-18H,1,4-7H2,2H3;3,6-16H,1,4-5H2,2H3;4-11H,2-3H2,1H3;3-5,8-9,17,19-21H,1,6-7,10-15H2,2H3;4,14-17H,2-3,5-13H2,1H3. The molecule has 622 valence electrons. The molecule has 1 nitrogen and oxygen atoms in total. The summed E-state index contributed by atoms with van der Waals surface area (Å²) in [7, 11) is 0. The molecule has 0 bridgehead atoms. The maximum atomic E-state index is 14.7. The Bertz CT molecular complexity index is 4710. The highest BCUT2D eigenvalue weighted by Crippen LogP contribution is 2.46. The molecule has 14 rings (SSSR count). The zero-order valence-corrected chi connectivity index (χ0v) is 70.1. The third kappa shape index (κ3) is 26.2. The van der Waals surface area contributed by atoms with Crippen LogP contribution in [0.25, 0.3) is 55.6 Å². The first-order valence-corrected chi connectivity index (χ1v) is 43.4. The molecule has 118 heavy (non-hydrogen) atoms. The lowest BCUT2D eigenvalue weighted by Gasteiger charge is -2.37. The first-order valence-electron chi connectivity index (χ1n) is 43.4. The van der Waals surface area contributed by atoms with Crippen molar-refractivity contribution >= 4 is 0 Å². The molecule has 0 atom stereocenters. The molecular formula is C108H121F9O. The Morgan fingerprint density at radius 3 is 1.03 bits per heavy atom. The third-order valence-electron chi connectivity index (χ3n) is 24.9. The molecule has 0 heterocycles. The molecule has 0 unspecified atom stereocenters. The molecule has 10 aromatic rings. The summed E-state index contributed by atoms with van der Waals surface area (Å²) >= 11 is 0. The second-order valence-electron chi connectivity index (χ2n) is 33.2. The SMILES string of the molecule is C=CC1CCC(C2CCC(CCC)CC2)CC1.C=CC1CCC(C2CCC(c3ccc(C)cc3)CC2)CC1.C=CCCc1ccc(-c2ccc(-c3ccc(C)cc3)cc2F)cc1.C=CCCc1ccc(-c2ccc(-c3ccc(CCC)cc3)cc2F)cc1.CCCc1ccc(-c2cc(F)c(C(F)(F)Oc3cc(F)c(F)c(F)c3)c(F)c2)cc1. The average Bonchev–Trinajstić information content (AvgIpc) is 0.776. The maximum absolute atomic E-state index is 14.7. The smallest absolute Gasteiger partial charge is 0.429 e. The number of ether oxygens (including phenoxy) is 1. The Labute approximate surface area is 698 Å². The Morgan fingerprint density at radius 1 is 0.339 bits per heavy atom. The fourth-order valence-electron chi connectivity index (χ4n) is 17.8. The first kappa shape index (κ1) is 90.7. The van der Waals surface area contributed by atoms with Gasteiger partial charge >= 0.3 is 6.11 Å².